The van der Waals surface area contributed by atoms with Gasteiger partial charge in [-0.2, -0.15) is 0 Å². The monoisotopic (exact) mass is 247 g/mol. The number of pyridine rings is 1. The Bertz CT molecular complexity index is 433. The molecule has 1 aliphatic heterocycles. The maximum absolute atomic E-state index is 12.4. The maximum Gasteiger partial charge on any atom is 0.272 e. The van der Waals surface area contributed by atoms with Gasteiger partial charge in [0.25, 0.3) is 5.91 Å². The van der Waals surface area contributed by atoms with E-state index in [1.807, 2.05) is 24.0 Å². The first kappa shape index (κ1) is 13.0. The number of likely N-dealkylation sites (tertiary alicyclic amines) is 1. The number of nitrogens with two attached hydrogens (primary N) is 1. The van der Waals surface area contributed by atoms with Gasteiger partial charge < -0.3 is 10.6 Å². The van der Waals surface area contributed by atoms with Crippen molar-refractivity contribution >= 4 is 5.91 Å². The number of aryl methyl sites for hydroxylation is 1. The zero-order chi connectivity index (χ0) is 13.1. The molecule has 4 heteroatoms. The van der Waals surface area contributed by atoms with Gasteiger partial charge in [0.2, 0.25) is 0 Å². The Labute approximate surface area is 108 Å². The molecule has 1 saturated heterocycles. The molecule has 0 aliphatic carbocycles. The molecule has 1 aliphatic rings. The van der Waals surface area contributed by atoms with Crippen molar-refractivity contribution in [2.45, 2.75) is 32.7 Å². The molecule has 0 saturated carbocycles. The maximum atomic E-state index is 12.4. The van der Waals surface area contributed by atoms with Gasteiger partial charge in [-0.15, -0.1) is 0 Å². The van der Waals surface area contributed by atoms with E-state index in [-0.39, 0.29) is 11.9 Å². The van der Waals surface area contributed by atoms with Gasteiger partial charge in [0.15, 0.2) is 0 Å². The molecular weight excluding hydrogens is 226 g/mol. The van der Waals surface area contributed by atoms with Crippen LogP contribution in [0.4, 0.5) is 0 Å². The summed E-state index contributed by atoms with van der Waals surface area (Å²) in [5.41, 5.74) is 7.19. The van der Waals surface area contributed by atoms with Crippen LogP contribution in [0.1, 0.15) is 35.9 Å². The van der Waals surface area contributed by atoms with Crippen molar-refractivity contribution in [3.05, 3.63) is 29.6 Å². The van der Waals surface area contributed by atoms with Crippen molar-refractivity contribution in [3.8, 4) is 0 Å². The number of piperidine rings is 1. The van der Waals surface area contributed by atoms with Crippen LogP contribution in [0.3, 0.4) is 0 Å². The van der Waals surface area contributed by atoms with Gasteiger partial charge in [0.05, 0.1) is 0 Å². The second kappa shape index (κ2) is 5.48. The van der Waals surface area contributed by atoms with Gasteiger partial charge in [-0.3, -0.25) is 4.79 Å². The van der Waals surface area contributed by atoms with E-state index in [0.717, 1.165) is 25.1 Å². The quantitative estimate of drug-likeness (QED) is 0.863. The largest absolute Gasteiger partial charge is 0.333 e. The van der Waals surface area contributed by atoms with E-state index in [2.05, 4.69) is 11.9 Å². The molecule has 0 spiro atoms. The van der Waals surface area contributed by atoms with E-state index in [9.17, 15) is 4.79 Å². The molecule has 4 nitrogen and oxygen atoms in total. The fraction of sp³-hybridized carbons (Fsp3) is 0.571. The van der Waals surface area contributed by atoms with Gasteiger partial charge in [-0.05, 0) is 37.8 Å². The first-order valence-electron chi connectivity index (χ1n) is 6.56. The highest BCUT2D eigenvalue weighted by atomic mass is 16.2. The van der Waals surface area contributed by atoms with Crippen LogP contribution in [0.15, 0.2) is 18.2 Å². The number of nitrogens with zero attached hydrogens (tertiary/aromatic N) is 2. The van der Waals surface area contributed by atoms with E-state index < -0.39 is 0 Å². The second-order valence-corrected chi connectivity index (χ2v) is 5.18. The highest BCUT2D eigenvalue weighted by Gasteiger charge is 2.29. The zero-order valence-corrected chi connectivity index (χ0v) is 11.1. The number of carbonyl (C=O) groups is 1. The fourth-order valence-electron chi connectivity index (χ4n) is 2.55. The minimum absolute atomic E-state index is 0.0149. The van der Waals surface area contributed by atoms with Crippen molar-refractivity contribution in [1.29, 1.82) is 0 Å². The van der Waals surface area contributed by atoms with Crippen LogP contribution in [-0.2, 0) is 0 Å². The van der Waals surface area contributed by atoms with Gasteiger partial charge in [-0.25, -0.2) is 4.98 Å². The Balaban J connectivity index is 2.17. The minimum Gasteiger partial charge on any atom is -0.333 e. The lowest BCUT2D eigenvalue weighted by molar-refractivity contribution is 0.0567. The summed E-state index contributed by atoms with van der Waals surface area (Å²) in [6.07, 6.45) is 2.04. The molecule has 2 heterocycles. The highest BCUT2D eigenvalue weighted by molar-refractivity contribution is 5.92. The van der Waals surface area contributed by atoms with Gasteiger partial charge in [-0.1, -0.05) is 13.0 Å². The molecule has 2 unspecified atom stereocenters. The molecule has 1 amide bonds. The summed E-state index contributed by atoms with van der Waals surface area (Å²) < 4.78 is 0. The van der Waals surface area contributed by atoms with E-state index in [4.69, 9.17) is 5.73 Å². The lowest BCUT2D eigenvalue weighted by Crippen LogP contribution is -2.49. The summed E-state index contributed by atoms with van der Waals surface area (Å²) >= 11 is 0. The Morgan fingerprint density at radius 2 is 2.33 bits per heavy atom. The Morgan fingerprint density at radius 1 is 1.56 bits per heavy atom. The fourth-order valence-corrected chi connectivity index (χ4v) is 2.55. The van der Waals surface area contributed by atoms with Crippen LogP contribution in [0.5, 0.6) is 0 Å². The average molecular weight is 247 g/mol. The third-order valence-corrected chi connectivity index (χ3v) is 3.62. The second-order valence-electron chi connectivity index (χ2n) is 5.18. The SMILES string of the molecule is Cc1cccc(C(=O)N2CCC(C)CC2CN)n1. The molecule has 2 rings (SSSR count). The number of carbonyl (C=O) groups excluding carboxylic acids is 1. The zero-order valence-electron chi connectivity index (χ0n) is 11.1. The first-order chi connectivity index (χ1) is 8.61. The van der Waals surface area contributed by atoms with Gasteiger partial charge >= 0.3 is 0 Å². The van der Waals surface area contributed by atoms with Crippen molar-refractivity contribution in [3.63, 3.8) is 0 Å². The lowest BCUT2D eigenvalue weighted by atomic mass is 9.92. The smallest absolute Gasteiger partial charge is 0.272 e. The number of hydrogen-bond acceptors (Lipinski definition) is 3. The standard InChI is InChI=1S/C14H21N3O/c1-10-6-7-17(12(8-10)9-15)14(18)13-5-3-4-11(2)16-13/h3-5,10,12H,6-9,15H2,1-2H3. The van der Waals surface area contributed by atoms with Crippen molar-refractivity contribution in [2.24, 2.45) is 11.7 Å². The summed E-state index contributed by atoms with van der Waals surface area (Å²) in [6.45, 7) is 5.43. The number of aromatic nitrogens is 1. The molecule has 1 fully saturated rings. The minimum atomic E-state index is 0.0149. The molecular formula is C14H21N3O. The Kier molecular flexibility index (Phi) is 3.97. The van der Waals surface area contributed by atoms with Crippen LogP contribution in [-0.4, -0.2) is 34.9 Å². The summed E-state index contributed by atoms with van der Waals surface area (Å²) in [6, 6.07) is 5.71. The van der Waals surface area contributed by atoms with E-state index in [1.54, 1.807) is 6.07 Å². The molecule has 2 N–H and O–H groups in total. The Hall–Kier alpha value is -1.42. The van der Waals surface area contributed by atoms with Crippen molar-refractivity contribution in [2.75, 3.05) is 13.1 Å². The van der Waals surface area contributed by atoms with E-state index in [1.165, 1.54) is 0 Å². The normalized spacial score (nSPS) is 24.1. The van der Waals surface area contributed by atoms with Crippen LogP contribution >= 0.6 is 0 Å². The van der Waals surface area contributed by atoms with Crippen LogP contribution in [0.25, 0.3) is 0 Å². The van der Waals surface area contributed by atoms with Crippen LogP contribution in [0.2, 0.25) is 0 Å². The third-order valence-electron chi connectivity index (χ3n) is 3.62. The number of rotatable bonds is 2. The molecule has 1 aromatic rings. The summed E-state index contributed by atoms with van der Waals surface area (Å²) in [4.78, 5) is 18.6. The lowest BCUT2D eigenvalue weighted by Gasteiger charge is -2.37. The number of hydrogen-bond donors (Lipinski definition) is 1. The van der Waals surface area contributed by atoms with Crippen LogP contribution in [0, 0.1) is 12.8 Å². The van der Waals surface area contributed by atoms with Gasteiger partial charge in [0.1, 0.15) is 5.69 Å². The Morgan fingerprint density at radius 3 is 3.00 bits per heavy atom. The van der Waals surface area contributed by atoms with Crippen molar-refractivity contribution < 1.29 is 4.79 Å². The molecule has 18 heavy (non-hydrogen) atoms. The highest BCUT2D eigenvalue weighted by Crippen LogP contribution is 2.23. The van der Waals surface area contributed by atoms with Gasteiger partial charge in [0, 0.05) is 24.8 Å². The predicted molar refractivity (Wildman–Crippen MR) is 71.3 cm³/mol. The van der Waals surface area contributed by atoms with E-state index >= 15 is 0 Å². The molecule has 0 aromatic carbocycles. The molecule has 1 aromatic heterocycles. The van der Waals surface area contributed by atoms with Crippen LogP contribution < -0.4 is 5.73 Å². The predicted octanol–water partition coefficient (Wildman–Crippen LogP) is 1.59. The molecule has 0 radical (unpaired) electrons. The first-order valence-corrected chi connectivity index (χ1v) is 6.56. The summed E-state index contributed by atoms with van der Waals surface area (Å²) in [5.74, 6) is 0.661. The summed E-state index contributed by atoms with van der Waals surface area (Å²) in [7, 11) is 0. The average Bonchev–Trinajstić information content (AvgIpc) is 2.37. The molecule has 98 valence electrons. The summed E-state index contributed by atoms with van der Waals surface area (Å²) in [5, 5.41) is 0. The topological polar surface area (TPSA) is 59.2 Å². The van der Waals surface area contributed by atoms with Crippen molar-refractivity contribution in [1.82, 2.24) is 9.88 Å². The molecule has 0 bridgehead atoms. The van der Waals surface area contributed by atoms with E-state index in [0.29, 0.717) is 18.2 Å². The molecule has 2 atom stereocenters. The third kappa shape index (κ3) is 2.70. The number of amides is 1.